The number of carbonyl (C=O) groups excluding carboxylic acids is 1. The Morgan fingerprint density at radius 3 is 2.08 bits per heavy atom. The fourth-order valence-corrected chi connectivity index (χ4v) is 4.69. The number of aryl methyl sites for hydroxylation is 2. The van der Waals surface area contributed by atoms with Crippen LogP contribution in [0.1, 0.15) is 21.5 Å². The quantitative estimate of drug-likeness (QED) is 0.806. The molecule has 0 aliphatic carbocycles. The summed E-state index contributed by atoms with van der Waals surface area (Å²) >= 11 is 6.18. The molecule has 0 saturated carbocycles. The van der Waals surface area contributed by atoms with E-state index in [4.69, 9.17) is 11.6 Å². The van der Waals surface area contributed by atoms with E-state index < -0.39 is 10.0 Å². The minimum atomic E-state index is -3.54. The largest absolute Gasteiger partial charge is 0.336 e. The lowest BCUT2D eigenvalue weighted by Crippen LogP contribution is -2.50. The number of sulfonamides is 1. The summed E-state index contributed by atoms with van der Waals surface area (Å²) in [7, 11) is -3.54. The zero-order chi connectivity index (χ0) is 18.9. The zero-order valence-corrected chi connectivity index (χ0v) is 16.3. The summed E-state index contributed by atoms with van der Waals surface area (Å²) < 4.78 is 26.9. The highest BCUT2D eigenvalue weighted by atomic mass is 35.5. The molecule has 0 N–H and O–H groups in total. The summed E-state index contributed by atoms with van der Waals surface area (Å²) in [6, 6.07) is 12.1. The lowest BCUT2D eigenvalue weighted by atomic mass is 10.1. The van der Waals surface area contributed by atoms with Crippen molar-refractivity contribution in [3.8, 4) is 0 Å². The van der Waals surface area contributed by atoms with E-state index in [1.54, 1.807) is 41.3 Å². The standard InChI is InChI=1S/C19H21ClN2O3S/c1-14-3-6-16(7-4-14)26(24,25)22-11-9-21(10-12-22)19(23)17-8-5-15(2)13-18(17)20/h3-8,13H,9-12H2,1-2H3. The van der Waals surface area contributed by atoms with Gasteiger partial charge in [0, 0.05) is 26.2 Å². The predicted molar refractivity (Wildman–Crippen MR) is 102 cm³/mol. The molecule has 7 heteroatoms. The number of carbonyl (C=O) groups is 1. The summed E-state index contributed by atoms with van der Waals surface area (Å²) in [6.45, 7) is 5.05. The molecule has 26 heavy (non-hydrogen) atoms. The van der Waals surface area contributed by atoms with Crippen molar-refractivity contribution in [2.45, 2.75) is 18.7 Å². The Bertz CT molecular complexity index is 918. The van der Waals surface area contributed by atoms with Crippen LogP contribution in [-0.2, 0) is 10.0 Å². The van der Waals surface area contributed by atoms with Crippen molar-refractivity contribution in [3.05, 3.63) is 64.2 Å². The molecule has 0 unspecified atom stereocenters. The van der Waals surface area contributed by atoms with Gasteiger partial charge in [-0.3, -0.25) is 4.79 Å². The van der Waals surface area contributed by atoms with Gasteiger partial charge in [-0.25, -0.2) is 8.42 Å². The molecular weight excluding hydrogens is 372 g/mol. The van der Waals surface area contributed by atoms with Crippen molar-refractivity contribution < 1.29 is 13.2 Å². The summed E-state index contributed by atoms with van der Waals surface area (Å²) in [4.78, 5) is 14.6. The first kappa shape index (κ1) is 18.9. The van der Waals surface area contributed by atoms with E-state index in [1.807, 2.05) is 19.9 Å². The van der Waals surface area contributed by atoms with Gasteiger partial charge in [-0.2, -0.15) is 4.31 Å². The van der Waals surface area contributed by atoms with E-state index in [0.717, 1.165) is 11.1 Å². The van der Waals surface area contributed by atoms with Gasteiger partial charge in [0.2, 0.25) is 10.0 Å². The number of benzene rings is 2. The predicted octanol–water partition coefficient (Wildman–Crippen LogP) is 3.10. The number of rotatable bonds is 3. The molecule has 5 nitrogen and oxygen atoms in total. The number of piperazine rings is 1. The van der Waals surface area contributed by atoms with E-state index in [0.29, 0.717) is 23.7 Å². The first-order valence-corrected chi connectivity index (χ1v) is 10.2. The maximum absolute atomic E-state index is 12.7. The molecular formula is C19H21ClN2O3S. The Morgan fingerprint density at radius 2 is 1.50 bits per heavy atom. The van der Waals surface area contributed by atoms with E-state index in [1.165, 1.54) is 4.31 Å². The Balaban J connectivity index is 1.70. The van der Waals surface area contributed by atoms with Gasteiger partial charge < -0.3 is 4.90 Å². The monoisotopic (exact) mass is 392 g/mol. The molecule has 0 spiro atoms. The van der Waals surface area contributed by atoms with Gasteiger partial charge in [0.1, 0.15) is 0 Å². The molecule has 1 heterocycles. The van der Waals surface area contributed by atoms with E-state index in [2.05, 4.69) is 0 Å². The van der Waals surface area contributed by atoms with E-state index in [9.17, 15) is 13.2 Å². The summed E-state index contributed by atoms with van der Waals surface area (Å²) in [5.74, 6) is -0.164. The number of hydrogen-bond donors (Lipinski definition) is 0. The van der Waals surface area contributed by atoms with Crippen molar-refractivity contribution in [2.24, 2.45) is 0 Å². The maximum atomic E-state index is 12.7. The fraction of sp³-hybridized carbons (Fsp3) is 0.316. The van der Waals surface area contributed by atoms with Crippen LogP contribution >= 0.6 is 11.6 Å². The van der Waals surface area contributed by atoms with Gasteiger partial charge in [0.25, 0.3) is 5.91 Å². The molecule has 0 bridgehead atoms. The van der Waals surface area contributed by atoms with Crippen molar-refractivity contribution in [2.75, 3.05) is 26.2 Å². The molecule has 1 saturated heterocycles. The summed E-state index contributed by atoms with van der Waals surface area (Å²) in [5, 5.41) is 0.421. The van der Waals surface area contributed by atoms with Crippen molar-refractivity contribution in [1.29, 1.82) is 0 Å². The molecule has 1 aliphatic rings. The van der Waals surface area contributed by atoms with Crippen LogP contribution in [0.2, 0.25) is 5.02 Å². The van der Waals surface area contributed by atoms with Crippen molar-refractivity contribution >= 4 is 27.5 Å². The Kier molecular flexibility index (Phi) is 5.37. The molecule has 0 atom stereocenters. The molecule has 1 fully saturated rings. The minimum Gasteiger partial charge on any atom is -0.336 e. The van der Waals surface area contributed by atoms with Gasteiger partial charge in [-0.15, -0.1) is 0 Å². The third kappa shape index (κ3) is 3.77. The molecule has 2 aromatic carbocycles. The van der Waals surface area contributed by atoms with Crippen molar-refractivity contribution in [1.82, 2.24) is 9.21 Å². The first-order chi connectivity index (χ1) is 12.3. The molecule has 1 amide bonds. The van der Waals surface area contributed by atoms with Crippen LogP contribution in [0.25, 0.3) is 0 Å². The van der Waals surface area contributed by atoms with E-state index >= 15 is 0 Å². The van der Waals surface area contributed by atoms with Crippen LogP contribution in [0, 0.1) is 13.8 Å². The summed E-state index contributed by atoms with van der Waals surface area (Å²) in [6.07, 6.45) is 0. The topological polar surface area (TPSA) is 57.7 Å². The molecule has 138 valence electrons. The van der Waals surface area contributed by atoms with Crippen LogP contribution in [0.5, 0.6) is 0 Å². The highest BCUT2D eigenvalue weighted by Gasteiger charge is 2.30. The first-order valence-electron chi connectivity index (χ1n) is 8.41. The highest BCUT2D eigenvalue weighted by molar-refractivity contribution is 7.89. The second kappa shape index (κ2) is 7.39. The number of amides is 1. The van der Waals surface area contributed by atoms with Crippen LogP contribution in [-0.4, -0.2) is 49.7 Å². The Labute approximate surface area is 159 Å². The lowest BCUT2D eigenvalue weighted by Gasteiger charge is -2.34. The second-order valence-electron chi connectivity index (χ2n) is 6.49. The molecule has 0 radical (unpaired) electrons. The molecule has 3 rings (SSSR count). The van der Waals surface area contributed by atoms with E-state index in [-0.39, 0.29) is 23.9 Å². The Morgan fingerprint density at radius 1 is 0.923 bits per heavy atom. The number of hydrogen-bond acceptors (Lipinski definition) is 3. The molecule has 2 aromatic rings. The smallest absolute Gasteiger partial charge is 0.255 e. The van der Waals surface area contributed by atoms with Crippen LogP contribution in [0.15, 0.2) is 47.4 Å². The van der Waals surface area contributed by atoms with Crippen LogP contribution in [0.3, 0.4) is 0 Å². The summed E-state index contributed by atoms with van der Waals surface area (Å²) in [5.41, 5.74) is 2.45. The van der Waals surface area contributed by atoms with Gasteiger partial charge in [-0.1, -0.05) is 35.4 Å². The molecule has 0 aromatic heterocycles. The normalized spacial score (nSPS) is 15.9. The van der Waals surface area contributed by atoms with Crippen molar-refractivity contribution in [3.63, 3.8) is 0 Å². The van der Waals surface area contributed by atoms with Crippen LogP contribution < -0.4 is 0 Å². The van der Waals surface area contributed by atoms with Gasteiger partial charge in [0.05, 0.1) is 15.5 Å². The van der Waals surface area contributed by atoms with Gasteiger partial charge in [-0.05, 0) is 43.7 Å². The number of nitrogens with zero attached hydrogens (tertiary/aromatic N) is 2. The van der Waals surface area contributed by atoms with Crippen LogP contribution in [0.4, 0.5) is 0 Å². The molecule has 1 aliphatic heterocycles. The fourth-order valence-electron chi connectivity index (χ4n) is 2.95. The van der Waals surface area contributed by atoms with Gasteiger partial charge in [0.15, 0.2) is 0 Å². The Hall–Kier alpha value is -1.89. The highest BCUT2D eigenvalue weighted by Crippen LogP contribution is 2.22. The maximum Gasteiger partial charge on any atom is 0.255 e. The average Bonchev–Trinajstić information content (AvgIpc) is 2.62. The lowest BCUT2D eigenvalue weighted by molar-refractivity contribution is 0.0698. The SMILES string of the molecule is Cc1ccc(S(=O)(=O)N2CCN(C(=O)c3ccc(C)cc3Cl)CC2)cc1. The minimum absolute atomic E-state index is 0.164. The third-order valence-corrected chi connectivity index (χ3v) is 6.77. The second-order valence-corrected chi connectivity index (χ2v) is 8.84. The average molecular weight is 393 g/mol. The zero-order valence-electron chi connectivity index (χ0n) is 14.8. The van der Waals surface area contributed by atoms with Gasteiger partial charge >= 0.3 is 0 Å². The third-order valence-electron chi connectivity index (χ3n) is 4.54. The number of halogens is 1.